The summed E-state index contributed by atoms with van der Waals surface area (Å²) in [7, 11) is 1.59. The summed E-state index contributed by atoms with van der Waals surface area (Å²) in [6.45, 7) is 3.71. The minimum absolute atomic E-state index is 0.239. The lowest BCUT2D eigenvalue weighted by atomic mass is 10.2. The molecule has 2 aromatic carbocycles. The first kappa shape index (κ1) is 18.6. The molecule has 6 nitrogen and oxygen atoms in total. The molecule has 0 saturated heterocycles. The van der Waals surface area contributed by atoms with Crippen LogP contribution in [0.4, 0.5) is 5.69 Å². The molecule has 0 unspecified atom stereocenters. The number of carbonyl (C=O) groups excluding carboxylic acids is 1. The second kappa shape index (κ2) is 8.98. The van der Waals surface area contributed by atoms with E-state index in [0.29, 0.717) is 48.5 Å². The lowest BCUT2D eigenvalue weighted by Gasteiger charge is -2.18. The summed E-state index contributed by atoms with van der Waals surface area (Å²) in [4.78, 5) is 12.2. The van der Waals surface area contributed by atoms with Gasteiger partial charge in [-0.1, -0.05) is 13.0 Å². The molecule has 0 saturated carbocycles. The van der Waals surface area contributed by atoms with Gasteiger partial charge in [-0.15, -0.1) is 0 Å². The van der Waals surface area contributed by atoms with Crippen LogP contribution < -0.4 is 24.3 Å². The van der Waals surface area contributed by atoms with Crippen LogP contribution in [0.1, 0.15) is 18.9 Å². The highest BCUT2D eigenvalue weighted by Gasteiger charge is 2.12. The van der Waals surface area contributed by atoms with Gasteiger partial charge in [0, 0.05) is 17.8 Å². The first-order chi connectivity index (χ1) is 13.2. The highest BCUT2D eigenvalue weighted by Crippen LogP contribution is 2.32. The lowest BCUT2D eigenvalue weighted by Crippen LogP contribution is -2.16. The number of hydrogen-bond donors (Lipinski definition) is 1. The molecule has 0 spiro atoms. The molecule has 1 aliphatic rings. The standard InChI is InChI=1S/C21H23NO5/c1-3-10-25-17-7-4-15(13-19(17)24-2)5-9-21(23)22-16-6-8-18-20(14-16)27-12-11-26-18/h4-9,13-14H,3,10-12H2,1-2H3,(H,22,23). The first-order valence-corrected chi connectivity index (χ1v) is 8.89. The SMILES string of the molecule is CCCOc1ccc(C=CC(=O)Nc2ccc3c(c2)OCCO3)cc1OC. The fraction of sp³-hybridized carbons (Fsp3) is 0.286. The minimum Gasteiger partial charge on any atom is -0.493 e. The fourth-order valence-electron chi connectivity index (χ4n) is 2.60. The molecule has 3 rings (SSSR count). The molecule has 0 radical (unpaired) electrons. The van der Waals surface area contributed by atoms with Crippen LogP contribution in [0.5, 0.6) is 23.0 Å². The number of nitrogens with one attached hydrogen (secondary N) is 1. The van der Waals surface area contributed by atoms with Crippen molar-refractivity contribution < 1.29 is 23.7 Å². The van der Waals surface area contributed by atoms with Crippen molar-refractivity contribution in [2.24, 2.45) is 0 Å². The molecule has 0 aromatic heterocycles. The van der Waals surface area contributed by atoms with Crippen LogP contribution in [-0.4, -0.2) is 32.8 Å². The van der Waals surface area contributed by atoms with Gasteiger partial charge in [-0.25, -0.2) is 0 Å². The molecule has 1 aliphatic heterocycles. The van der Waals surface area contributed by atoms with Gasteiger partial charge in [0.05, 0.1) is 13.7 Å². The number of amides is 1. The van der Waals surface area contributed by atoms with Crippen molar-refractivity contribution in [3.05, 3.63) is 48.0 Å². The maximum Gasteiger partial charge on any atom is 0.248 e. The summed E-state index contributed by atoms with van der Waals surface area (Å²) < 4.78 is 22.0. The Hall–Kier alpha value is -3.15. The van der Waals surface area contributed by atoms with Gasteiger partial charge in [-0.2, -0.15) is 0 Å². The van der Waals surface area contributed by atoms with Gasteiger partial charge in [-0.05, 0) is 42.3 Å². The average Bonchev–Trinajstić information content (AvgIpc) is 2.70. The van der Waals surface area contributed by atoms with Crippen LogP contribution in [0.15, 0.2) is 42.5 Å². The Labute approximate surface area is 158 Å². The lowest BCUT2D eigenvalue weighted by molar-refractivity contribution is -0.111. The Morgan fingerprint density at radius 1 is 1.11 bits per heavy atom. The van der Waals surface area contributed by atoms with Crippen molar-refractivity contribution in [1.29, 1.82) is 0 Å². The van der Waals surface area contributed by atoms with Gasteiger partial charge in [0.25, 0.3) is 0 Å². The number of hydrogen-bond acceptors (Lipinski definition) is 5. The van der Waals surface area contributed by atoms with Crippen molar-refractivity contribution in [3.8, 4) is 23.0 Å². The van der Waals surface area contributed by atoms with E-state index in [9.17, 15) is 4.79 Å². The van der Waals surface area contributed by atoms with Crippen LogP contribution in [0, 0.1) is 0 Å². The van der Waals surface area contributed by atoms with Crippen LogP contribution >= 0.6 is 0 Å². The molecule has 27 heavy (non-hydrogen) atoms. The molecule has 0 fully saturated rings. The largest absolute Gasteiger partial charge is 0.493 e. The number of benzene rings is 2. The average molecular weight is 369 g/mol. The number of rotatable bonds is 7. The first-order valence-electron chi connectivity index (χ1n) is 8.89. The third kappa shape index (κ3) is 4.94. The van der Waals surface area contributed by atoms with Gasteiger partial charge in [-0.3, -0.25) is 4.79 Å². The topological polar surface area (TPSA) is 66.0 Å². The summed E-state index contributed by atoms with van der Waals surface area (Å²) in [5.41, 5.74) is 1.49. The minimum atomic E-state index is -0.239. The maximum absolute atomic E-state index is 12.2. The zero-order valence-corrected chi connectivity index (χ0v) is 15.5. The molecular formula is C21H23NO5. The summed E-state index contributed by atoms with van der Waals surface area (Å²) >= 11 is 0. The van der Waals surface area contributed by atoms with Crippen molar-refractivity contribution in [3.63, 3.8) is 0 Å². The Morgan fingerprint density at radius 3 is 2.70 bits per heavy atom. The molecule has 142 valence electrons. The van der Waals surface area contributed by atoms with E-state index in [-0.39, 0.29) is 5.91 Å². The van der Waals surface area contributed by atoms with Crippen molar-refractivity contribution in [2.75, 3.05) is 32.2 Å². The second-order valence-corrected chi connectivity index (χ2v) is 5.94. The van der Waals surface area contributed by atoms with E-state index in [1.165, 1.54) is 6.08 Å². The van der Waals surface area contributed by atoms with Crippen molar-refractivity contribution in [2.45, 2.75) is 13.3 Å². The molecule has 6 heteroatoms. The van der Waals surface area contributed by atoms with E-state index in [4.69, 9.17) is 18.9 Å². The van der Waals surface area contributed by atoms with E-state index >= 15 is 0 Å². The zero-order valence-electron chi connectivity index (χ0n) is 15.5. The molecular weight excluding hydrogens is 346 g/mol. The molecule has 2 aromatic rings. The predicted octanol–water partition coefficient (Wildman–Crippen LogP) is 3.91. The van der Waals surface area contributed by atoms with E-state index in [1.807, 2.05) is 25.1 Å². The third-order valence-electron chi connectivity index (χ3n) is 3.89. The number of carbonyl (C=O) groups is 1. The van der Waals surface area contributed by atoms with Crippen LogP contribution in [-0.2, 0) is 4.79 Å². The Morgan fingerprint density at radius 2 is 1.93 bits per heavy atom. The van der Waals surface area contributed by atoms with Gasteiger partial charge in [0.1, 0.15) is 13.2 Å². The Kier molecular flexibility index (Phi) is 6.20. The number of ether oxygens (including phenoxy) is 4. The van der Waals surface area contributed by atoms with Gasteiger partial charge >= 0.3 is 0 Å². The highest BCUT2D eigenvalue weighted by atomic mass is 16.6. The summed E-state index contributed by atoms with van der Waals surface area (Å²) in [6, 6.07) is 10.9. The molecule has 1 amide bonds. The van der Waals surface area contributed by atoms with Crippen LogP contribution in [0.25, 0.3) is 6.08 Å². The Bertz CT molecular complexity index is 831. The monoisotopic (exact) mass is 369 g/mol. The summed E-state index contributed by atoms with van der Waals surface area (Å²) in [6.07, 6.45) is 4.11. The number of methoxy groups -OCH3 is 1. The molecule has 0 bridgehead atoms. The van der Waals surface area contributed by atoms with Crippen molar-refractivity contribution in [1.82, 2.24) is 0 Å². The normalized spacial score (nSPS) is 12.7. The zero-order chi connectivity index (χ0) is 19.1. The summed E-state index contributed by atoms with van der Waals surface area (Å²) in [5, 5.41) is 2.81. The fourth-order valence-corrected chi connectivity index (χ4v) is 2.60. The van der Waals surface area contributed by atoms with Crippen molar-refractivity contribution >= 4 is 17.7 Å². The quantitative estimate of drug-likeness (QED) is 0.750. The maximum atomic E-state index is 12.2. The van der Waals surface area contributed by atoms with Gasteiger partial charge in [0.2, 0.25) is 5.91 Å². The highest BCUT2D eigenvalue weighted by molar-refractivity contribution is 6.02. The molecule has 1 N–H and O–H groups in total. The smallest absolute Gasteiger partial charge is 0.248 e. The van der Waals surface area contributed by atoms with Gasteiger partial charge < -0.3 is 24.3 Å². The van der Waals surface area contributed by atoms with E-state index in [0.717, 1.165) is 12.0 Å². The Balaban J connectivity index is 1.64. The van der Waals surface area contributed by atoms with E-state index < -0.39 is 0 Å². The summed E-state index contributed by atoms with van der Waals surface area (Å²) in [5.74, 6) is 2.41. The van der Waals surface area contributed by atoms with Gasteiger partial charge in [0.15, 0.2) is 23.0 Å². The van der Waals surface area contributed by atoms with Crippen LogP contribution in [0.3, 0.4) is 0 Å². The second-order valence-electron chi connectivity index (χ2n) is 5.94. The van der Waals surface area contributed by atoms with Crippen LogP contribution in [0.2, 0.25) is 0 Å². The molecule has 0 aliphatic carbocycles. The van der Waals surface area contributed by atoms with E-state index in [1.54, 1.807) is 31.4 Å². The molecule has 0 atom stereocenters. The molecule has 1 heterocycles. The number of anilines is 1. The van der Waals surface area contributed by atoms with E-state index in [2.05, 4.69) is 5.32 Å². The predicted molar refractivity (Wildman–Crippen MR) is 104 cm³/mol. The third-order valence-corrected chi connectivity index (χ3v) is 3.89. The number of fused-ring (bicyclic) bond motifs is 1.